The Bertz CT molecular complexity index is 437. The van der Waals surface area contributed by atoms with Gasteiger partial charge in [0.1, 0.15) is 6.17 Å². The summed E-state index contributed by atoms with van der Waals surface area (Å²) in [6.07, 6.45) is 0.986. The van der Waals surface area contributed by atoms with Gasteiger partial charge in [-0.3, -0.25) is 9.35 Å². The maximum absolute atomic E-state index is 11.7. The number of fused-ring (bicyclic) bond motifs is 2. The van der Waals surface area contributed by atoms with Gasteiger partial charge in [-0.25, -0.2) is 4.79 Å². The summed E-state index contributed by atoms with van der Waals surface area (Å²) < 4.78 is 33.9. The molecule has 96 valence electrons. The summed E-state index contributed by atoms with van der Waals surface area (Å²) in [6, 6.07) is -1.13. The number of nitrogens with zero attached hydrogens (tertiary/aromatic N) is 2. The molecule has 2 N–H and O–H groups in total. The van der Waals surface area contributed by atoms with Crippen LogP contribution in [0.15, 0.2) is 0 Å². The molecule has 2 aliphatic heterocycles. The van der Waals surface area contributed by atoms with Crippen LogP contribution in [0.3, 0.4) is 0 Å². The Labute approximate surface area is 97.2 Å². The number of urea groups is 1. The Morgan fingerprint density at radius 2 is 2.18 bits per heavy atom. The molecule has 2 bridgehead atoms. The Kier molecular flexibility index (Phi) is 2.93. The standard InChI is InChI=1S/C7H11N3O6S/c11-4-8-6-2-1-5-3-9(6)7(12)10(5)16-17(13,14)15/h4-6H,1-3H2,(H,8,11)(H,13,14,15)/t5-,6+/m1/s1. The van der Waals surface area contributed by atoms with Crippen molar-refractivity contribution >= 4 is 22.8 Å². The van der Waals surface area contributed by atoms with E-state index >= 15 is 0 Å². The quantitative estimate of drug-likeness (QED) is 0.481. The van der Waals surface area contributed by atoms with Gasteiger partial charge < -0.3 is 10.2 Å². The first-order chi connectivity index (χ1) is 7.92. The van der Waals surface area contributed by atoms with E-state index in [2.05, 4.69) is 9.60 Å². The van der Waals surface area contributed by atoms with E-state index in [9.17, 15) is 18.0 Å². The monoisotopic (exact) mass is 265 g/mol. The van der Waals surface area contributed by atoms with E-state index in [1.54, 1.807) is 0 Å². The molecule has 2 rings (SSSR count). The van der Waals surface area contributed by atoms with Crippen LogP contribution in [-0.2, 0) is 19.5 Å². The fourth-order valence-electron chi connectivity index (χ4n) is 2.08. The normalized spacial score (nSPS) is 28.4. The number of piperidine rings is 1. The molecule has 0 aromatic heterocycles. The van der Waals surface area contributed by atoms with Crippen LogP contribution in [0.4, 0.5) is 4.79 Å². The summed E-state index contributed by atoms with van der Waals surface area (Å²) in [5, 5.41) is 3.08. The van der Waals surface area contributed by atoms with E-state index in [-0.39, 0.29) is 6.54 Å². The van der Waals surface area contributed by atoms with Crippen molar-refractivity contribution in [2.75, 3.05) is 6.54 Å². The average molecular weight is 265 g/mol. The number of nitrogens with one attached hydrogen (secondary N) is 1. The third-order valence-corrected chi connectivity index (χ3v) is 3.11. The van der Waals surface area contributed by atoms with Crippen LogP contribution in [0.25, 0.3) is 0 Å². The highest BCUT2D eigenvalue weighted by molar-refractivity contribution is 7.80. The van der Waals surface area contributed by atoms with Crippen molar-refractivity contribution in [2.45, 2.75) is 25.0 Å². The van der Waals surface area contributed by atoms with E-state index in [1.807, 2.05) is 0 Å². The summed E-state index contributed by atoms with van der Waals surface area (Å²) in [4.78, 5) is 23.4. The minimum atomic E-state index is -4.72. The first kappa shape index (κ1) is 12.1. The maximum Gasteiger partial charge on any atom is 0.418 e. The van der Waals surface area contributed by atoms with E-state index < -0.39 is 28.6 Å². The zero-order valence-corrected chi connectivity index (χ0v) is 9.46. The van der Waals surface area contributed by atoms with Crippen molar-refractivity contribution in [1.29, 1.82) is 0 Å². The highest BCUT2D eigenvalue weighted by Crippen LogP contribution is 2.29. The Balaban J connectivity index is 2.14. The molecule has 0 radical (unpaired) electrons. The van der Waals surface area contributed by atoms with Crippen molar-refractivity contribution in [3.05, 3.63) is 0 Å². The number of carbonyl (C=O) groups is 2. The molecular weight excluding hydrogens is 254 g/mol. The van der Waals surface area contributed by atoms with Crippen LogP contribution in [0.2, 0.25) is 0 Å². The number of hydrogen-bond acceptors (Lipinski definition) is 5. The predicted octanol–water partition coefficient (Wildman–Crippen LogP) is -1.31. The van der Waals surface area contributed by atoms with Gasteiger partial charge in [-0.1, -0.05) is 0 Å². The molecule has 0 aromatic carbocycles. The minimum Gasteiger partial charge on any atom is -0.338 e. The molecule has 2 aliphatic rings. The third kappa shape index (κ3) is 2.33. The van der Waals surface area contributed by atoms with Crippen LogP contribution in [0.1, 0.15) is 12.8 Å². The SMILES string of the molecule is O=CN[C@@H]1CC[C@@H]2CN1C(=O)N2OS(=O)(=O)O. The van der Waals surface area contributed by atoms with Gasteiger partial charge in [0.25, 0.3) is 0 Å². The van der Waals surface area contributed by atoms with Gasteiger partial charge in [0.05, 0.1) is 6.04 Å². The molecule has 2 fully saturated rings. The second-order valence-corrected chi connectivity index (χ2v) is 4.80. The zero-order valence-electron chi connectivity index (χ0n) is 8.64. The van der Waals surface area contributed by atoms with Gasteiger partial charge >= 0.3 is 16.4 Å². The number of hydroxylamine groups is 2. The highest BCUT2D eigenvalue weighted by atomic mass is 32.3. The van der Waals surface area contributed by atoms with E-state index in [0.717, 1.165) is 0 Å². The van der Waals surface area contributed by atoms with Gasteiger partial charge in [-0.15, -0.1) is 4.28 Å². The van der Waals surface area contributed by atoms with Crippen LogP contribution < -0.4 is 5.32 Å². The predicted molar refractivity (Wildman–Crippen MR) is 52.6 cm³/mol. The zero-order chi connectivity index (χ0) is 12.6. The summed E-state index contributed by atoms with van der Waals surface area (Å²) >= 11 is 0. The van der Waals surface area contributed by atoms with Crippen molar-refractivity contribution in [1.82, 2.24) is 15.3 Å². The van der Waals surface area contributed by atoms with E-state index in [4.69, 9.17) is 4.55 Å². The number of rotatable bonds is 4. The lowest BCUT2D eigenvalue weighted by Crippen LogP contribution is -2.48. The van der Waals surface area contributed by atoms with E-state index in [1.165, 1.54) is 4.90 Å². The Morgan fingerprint density at radius 3 is 2.76 bits per heavy atom. The number of amides is 3. The lowest BCUT2D eigenvalue weighted by atomic mass is 10.1. The molecule has 2 atom stereocenters. The van der Waals surface area contributed by atoms with Crippen LogP contribution >= 0.6 is 0 Å². The fourth-order valence-corrected chi connectivity index (χ4v) is 2.47. The maximum atomic E-state index is 11.7. The van der Waals surface area contributed by atoms with Crippen LogP contribution in [0.5, 0.6) is 0 Å². The first-order valence-electron chi connectivity index (χ1n) is 4.89. The Morgan fingerprint density at radius 1 is 1.47 bits per heavy atom. The highest BCUT2D eigenvalue weighted by Gasteiger charge is 2.47. The van der Waals surface area contributed by atoms with Gasteiger partial charge in [0, 0.05) is 6.54 Å². The van der Waals surface area contributed by atoms with Crippen molar-refractivity contribution in [2.24, 2.45) is 0 Å². The number of hydrogen-bond donors (Lipinski definition) is 2. The third-order valence-electron chi connectivity index (χ3n) is 2.76. The van der Waals surface area contributed by atoms with Gasteiger partial charge in [0.15, 0.2) is 0 Å². The van der Waals surface area contributed by atoms with Crippen LogP contribution in [0, 0.1) is 0 Å². The molecule has 0 unspecified atom stereocenters. The molecule has 17 heavy (non-hydrogen) atoms. The molecule has 2 saturated heterocycles. The molecule has 2 heterocycles. The molecule has 9 nitrogen and oxygen atoms in total. The molecule has 0 aromatic rings. The topological polar surface area (TPSA) is 116 Å². The largest absolute Gasteiger partial charge is 0.418 e. The van der Waals surface area contributed by atoms with Crippen molar-refractivity contribution in [3.8, 4) is 0 Å². The van der Waals surface area contributed by atoms with Crippen molar-refractivity contribution in [3.63, 3.8) is 0 Å². The van der Waals surface area contributed by atoms with Crippen molar-refractivity contribution < 1.29 is 26.8 Å². The van der Waals surface area contributed by atoms with Gasteiger partial charge in [-0.2, -0.15) is 13.5 Å². The molecule has 0 aliphatic carbocycles. The first-order valence-corrected chi connectivity index (χ1v) is 6.25. The van der Waals surface area contributed by atoms with Crippen LogP contribution in [-0.4, -0.2) is 54.1 Å². The lowest BCUT2D eigenvalue weighted by Gasteiger charge is -2.29. The molecule has 0 saturated carbocycles. The summed E-state index contributed by atoms with van der Waals surface area (Å²) in [5.74, 6) is 0. The smallest absolute Gasteiger partial charge is 0.338 e. The fraction of sp³-hybridized carbons (Fsp3) is 0.714. The molecule has 10 heteroatoms. The second-order valence-electron chi connectivity index (χ2n) is 3.79. The molecular formula is C7H11N3O6S. The Hall–Kier alpha value is -1.39. The number of carbonyl (C=O) groups excluding carboxylic acids is 2. The summed E-state index contributed by atoms with van der Waals surface area (Å²) in [7, 11) is -4.72. The minimum absolute atomic E-state index is 0.250. The second kappa shape index (κ2) is 4.13. The van der Waals surface area contributed by atoms with Gasteiger partial charge in [-0.05, 0) is 12.8 Å². The molecule has 0 spiro atoms. The van der Waals surface area contributed by atoms with Gasteiger partial charge in [0.2, 0.25) is 6.41 Å². The van der Waals surface area contributed by atoms with E-state index in [0.29, 0.717) is 24.3 Å². The summed E-state index contributed by atoms with van der Waals surface area (Å²) in [6.45, 7) is 0.250. The average Bonchev–Trinajstić information content (AvgIpc) is 2.46. The summed E-state index contributed by atoms with van der Waals surface area (Å²) in [5.41, 5.74) is 0. The lowest BCUT2D eigenvalue weighted by molar-refractivity contribution is -0.111. The molecule has 3 amide bonds.